The van der Waals surface area contributed by atoms with Crippen LogP contribution in [0.15, 0.2) is 70.6 Å². The van der Waals surface area contributed by atoms with Crippen LogP contribution in [0.5, 0.6) is 0 Å². The molecule has 2 aromatic rings. The Morgan fingerprint density at radius 2 is 1.89 bits per heavy atom. The van der Waals surface area contributed by atoms with E-state index in [1.165, 1.54) is 40.8 Å². The lowest BCUT2D eigenvalue weighted by atomic mass is 9.97. The highest BCUT2D eigenvalue weighted by molar-refractivity contribution is 9.10. The number of benzene rings is 1. The molecule has 196 valence electrons. The first kappa shape index (κ1) is 26.1. The lowest BCUT2D eigenvalue weighted by molar-refractivity contribution is 0.0970. The van der Waals surface area contributed by atoms with Crippen LogP contribution in [0.3, 0.4) is 0 Å². The van der Waals surface area contributed by atoms with Gasteiger partial charge >= 0.3 is 0 Å². The van der Waals surface area contributed by atoms with Crippen molar-refractivity contribution in [2.75, 3.05) is 6.54 Å². The standard InChI is InChI=1S/C31H38BrN3O2/c1-4-22-15-12-16-23(5-2)29(22)31-33-30(32)26(35(31)6-3)19-34-18-11-10-17-25(34)28-21-36-20-27(37-28)24-13-8-7-9-14-24/h7-8,12-13,15-16,20-21,25H,4-6,9-11,14,17-19H2,1-3H3. The van der Waals surface area contributed by atoms with Crippen molar-refractivity contribution in [1.82, 2.24) is 14.5 Å². The predicted molar refractivity (Wildman–Crippen MR) is 153 cm³/mol. The van der Waals surface area contributed by atoms with Gasteiger partial charge in [-0.1, -0.05) is 56.7 Å². The molecule has 1 unspecified atom stereocenters. The van der Waals surface area contributed by atoms with E-state index in [1.54, 1.807) is 12.5 Å². The second-order valence-corrected chi connectivity index (χ2v) is 10.7. The van der Waals surface area contributed by atoms with Crippen LogP contribution in [0, 0.1) is 0 Å². The van der Waals surface area contributed by atoms with Crippen LogP contribution in [0.4, 0.5) is 0 Å². The largest absolute Gasteiger partial charge is 0.465 e. The molecule has 1 aliphatic carbocycles. The number of hydrogen-bond acceptors (Lipinski definition) is 4. The molecule has 5 nitrogen and oxygen atoms in total. The van der Waals surface area contributed by atoms with Crippen molar-refractivity contribution in [2.24, 2.45) is 0 Å². The highest BCUT2D eigenvalue weighted by Gasteiger charge is 2.32. The van der Waals surface area contributed by atoms with Crippen LogP contribution in [-0.4, -0.2) is 27.0 Å². The Balaban J connectivity index is 1.43. The third-order valence-corrected chi connectivity index (χ3v) is 8.41. The number of piperidine rings is 1. The predicted octanol–water partition coefficient (Wildman–Crippen LogP) is 7.82. The second-order valence-electron chi connectivity index (χ2n) is 9.96. The molecular weight excluding hydrogens is 526 g/mol. The fourth-order valence-corrected chi connectivity index (χ4v) is 6.30. The molecule has 1 aromatic heterocycles. The minimum atomic E-state index is 0.182. The van der Waals surface area contributed by atoms with Crippen LogP contribution < -0.4 is 0 Å². The normalized spacial score (nSPS) is 20.1. The number of nitrogens with zero attached hydrogens (tertiary/aromatic N) is 3. The summed E-state index contributed by atoms with van der Waals surface area (Å²) in [7, 11) is 0. The van der Waals surface area contributed by atoms with Gasteiger partial charge in [0.1, 0.15) is 23.0 Å². The molecule has 0 amide bonds. The molecule has 3 heterocycles. The van der Waals surface area contributed by atoms with Crippen LogP contribution in [0.25, 0.3) is 11.4 Å². The first-order valence-electron chi connectivity index (χ1n) is 13.8. The number of halogens is 1. The molecule has 1 fully saturated rings. The molecule has 37 heavy (non-hydrogen) atoms. The highest BCUT2D eigenvalue weighted by atomic mass is 79.9. The number of ether oxygens (including phenoxy) is 2. The summed E-state index contributed by atoms with van der Waals surface area (Å²) in [5.41, 5.74) is 6.45. The molecule has 0 bridgehead atoms. The number of imidazole rings is 1. The molecule has 1 aromatic carbocycles. The van der Waals surface area contributed by atoms with Crippen LogP contribution >= 0.6 is 15.9 Å². The summed E-state index contributed by atoms with van der Waals surface area (Å²) in [6.45, 7) is 9.40. The van der Waals surface area contributed by atoms with Crippen LogP contribution in [-0.2, 0) is 35.4 Å². The zero-order valence-electron chi connectivity index (χ0n) is 22.3. The maximum atomic E-state index is 6.47. The molecule has 0 saturated carbocycles. The first-order valence-corrected chi connectivity index (χ1v) is 14.6. The fraction of sp³-hybridized carbons (Fsp3) is 0.452. The monoisotopic (exact) mass is 563 g/mol. The van der Waals surface area contributed by atoms with Crippen molar-refractivity contribution >= 4 is 15.9 Å². The third-order valence-electron chi connectivity index (χ3n) is 7.77. The van der Waals surface area contributed by atoms with Crippen molar-refractivity contribution in [1.29, 1.82) is 0 Å². The maximum absolute atomic E-state index is 6.47. The second kappa shape index (κ2) is 11.9. The number of likely N-dealkylation sites (tertiary alicyclic amines) is 1. The molecule has 0 spiro atoms. The summed E-state index contributed by atoms with van der Waals surface area (Å²) >= 11 is 3.85. The van der Waals surface area contributed by atoms with E-state index >= 15 is 0 Å². The fourth-order valence-electron chi connectivity index (χ4n) is 5.80. The average Bonchev–Trinajstić information content (AvgIpc) is 3.27. The van der Waals surface area contributed by atoms with E-state index in [4.69, 9.17) is 14.5 Å². The van der Waals surface area contributed by atoms with Gasteiger partial charge in [0.25, 0.3) is 0 Å². The van der Waals surface area contributed by atoms with Gasteiger partial charge in [-0.2, -0.15) is 0 Å². The number of allylic oxidation sites excluding steroid dienone is 4. The Morgan fingerprint density at radius 3 is 2.59 bits per heavy atom. The van der Waals surface area contributed by atoms with Crippen molar-refractivity contribution in [3.05, 3.63) is 87.5 Å². The molecule has 2 aliphatic heterocycles. The molecule has 0 N–H and O–H groups in total. The van der Waals surface area contributed by atoms with E-state index in [9.17, 15) is 0 Å². The molecule has 1 atom stereocenters. The molecule has 1 saturated heterocycles. The van der Waals surface area contributed by atoms with Crippen molar-refractivity contribution < 1.29 is 9.47 Å². The summed E-state index contributed by atoms with van der Waals surface area (Å²) < 4.78 is 15.6. The molecule has 0 radical (unpaired) electrons. The Hall–Kier alpha value is -2.57. The third kappa shape index (κ3) is 5.37. The topological polar surface area (TPSA) is 39.5 Å². The van der Waals surface area contributed by atoms with Crippen molar-refractivity contribution in [3.63, 3.8) is 0 Å². The van der Waals surface area contributed by atoms with Gasteiger partial charge in [-0.15, -0.1) is 0 Å². The first-order chi connectivity index (χ1) is 18.1. The average molecular weight is 565 g/mol. The number of aryl methyl sites for hydroxylation is 2. The quantitative estimate of drug-likeness (QED) is 0.328. The van der Waals surface area contributed by atoms with Crippen LogP contribution in [0.1, 0.15) is 69.7 Å². The Bertz CT molecular complexity index is 1230. The van der Waals surface area contributed by atoms with E-state index < -0.39 is 0 Å². The SMILES string of the molecule is CCc1cccc(CC)c1-c1nc(Br)c(CN2CCCCC2C2=COC=C(C3=CC=CCC3)O2)n1CC. The molecule has 3 aliphatic rings. The number of aromatic nitrogens is 2. The number of hydrogen-bond donors (Lipinski definition) is 0. The summed E-state index contributed by atoms with van der Waals surface area (Å²) in [4.78, 5) is 7.65. The van der Waals surface area contributed by atoms with E-state index in [0.717, 1.165) is 73.7 Å². The van der Waals surface area contributed by atoms with Gasteiger partial charge in [-0.25, -0.2) is 4.98 Å². The van der Waals surface area contributed by atoms with E-state index in [-0.39, 0.29) is 6.04 Å². The van der Waals surface area contributed by atoms with E-state index in [0.29, 0.717) is 0 Å². The summed E-state index contributed by atoms with van der Waals surface area (Å²) in [6.07, 6.45) is 17.4. The lowest BCUT2D eigenvalue weighted by Crippen LogP contribution is -2.41. The van der Waals surface area contributed by atoms with Gasteiger partial charge in [0.05, 0.1) is 11.7 Å². The summed E-state index contributed by atoms with van der Waals surface area (Å²) in [5.74, 6) is 2.83. The minimum Gasteiger partial charge on any atom is -0.465 e. The van der Waals surface area contributed by atoms with Gasteiger partial charge in [0, 0.05) is 18.7 Å². The zero-order valence-corrected chi connectivity index (χ0v) is 23.9. The smallest absolute Gasteiger partial charge is 0.165 e. The lowest BCUT2D eigenvalue weighted by Gasteiger charge is -2.37. The van der Waals surface area contributed by atoms with Gasteiger partial charge in [-0.05, 0) is 84.6 Å². The minimum absolute atomic E-state index is 0.182. The Labute approximate surface area is 229 Å². The number of rotatable bonds is 8. The van der Waals surface area contributed by atoms with E-state index in [2.05, 4.69) is 82.6 Å². The van der Waals surface area contributed by atoms with Gasteiger partial charge in [0.2, 0.25) is 0 Å². The molecular formula is C31H38BrN3O2. The van der Waals surface area contributed by atoms with Crippen molar-refractivity contribution in [2.45, 2.75) is 84.8 Å². The van der Waals surface area contributed by atoms with Crippen molar-refractivity contribution in [3.8, 4) is 11.4 Å². The molecule has 5 rings (SSSR count). The summed E-state index contributed by atoms with van der Waals surface area (Å²) in [5, 5.41) is 0. The van der Waals surface area contributed by atoms with Gasteiger partial charge in [-0.3, -0.25) is 4.90 Å². The zero-order chi connectivity index (χ0) is 25.8. The Morgan fingerprint density at radius 1 is 1.08 bits per heavy atom. The van der Waals surface area contributed by atoms with Crippen LogP contribution in [0.2, 0.25) is 0 Å². The molecule has 6 heteroatoms. The summed E-state index contributed by atoms with van der Waals surface area (Å²) in [6, 6.07) is 6.85. The maximum Gasteiger partial charge on any atom is 0.165 e. The van der Waals surface area contributed by atoms with Gasteiger partial charge < -0.3 is 14.0 Å². The highest BCUT2D eigenvalue weighted by Crippen LogP contribution is 2.36. The Kier molecular flexibility index (Phi) is 8.36. The van der Waals surface area contributed by atoms with Gasteiger partial charge in [0.15, 0.2) is 11.5 Å². The van der Waals surface area contributed by atoms with E-state index in [1.807, 2.05) is 0 Å².